The van der Waals surface area contributed by atoms with Crippen LogP contribution >= 0.6 is 11.3 Å². The Morgan fingerprint density at radius 2 is 1.97 bits per heavy atom. The van der Waals surface area contributed by atoms with Gasteiger partial charge in [0.2, 0.25) is 5.43 Å². The second-order valence-corrected chi connectivity index (χ2v) is 8.86. The molecule has 0 saturated carbocycles. The van der Waals surface area contributed by atoms with Crippen molar-refractivity contribution >= 4 is 21.6 Å². The van der Waals surface area contributed by atoms with Gasteiger partial charge in [-0.25, -0.2) is 9.37 Å². The Morgan fingerprint density at radius 3 is 2.62 bits per heavy atom. The Morgan fingerprint density at radius 1 is 1.22 bits per heavy atom. The van der Waals surface area contributed by atoms with E-state index in [1.165, 1.54) is 35.7 Å². The van der Waals surface area contributed by atoms with Crippen molar-refractivity contribution in [2.24, 2.45) is 5.92 Å². The number of pyridine rings is 1. The number of H-pyrrole nitrogens is 1. The van der Waals surface area contributed by atoms with Crippen LogP contribution in [0.25, 0.3) is 21.3 Å². The fourth-order valence-corrected chi connectivity index (χ4v) is 4.43. The minimum absolute atomic E-state index is 0.184. The van der Waals surface area contributed by atoms with Crippen molar-refractivity contribution in [3.63, 3.8) is 0 Å². The van der Waals surface area contributed by atoms with Crippen molar-refractivity contribution in [2.75, 3.05) is 6.61 Å². The molecule has 0 bridgehead atoms. The van der Waals surface area contributed by atoms with Crippen LogP contribution in [-0.4, -0.2) is 21.1 Å². The summed E-state index contributed by atoms with van der Waals surface area (Å²) in [6, 6.07) is 7.52. The van der Waals surface area contributed by atoms with Gasteiger partial charge < -0.3 is 9.72 Å². The van der Waals surface area contributed by atoms with Gasteiger partial charge in [0.1, 0.15) is 16.5 Å². The third kappa shape index (κ3) is 4.36. The molecule has 1 N–H and O–H groups in total. The first kappa shape index (κ1) is 22.0. The summed E-state index contributed by atoms with van der Waals surface area (Å²) >= 11 is 1.39. The number of rotatable bonds is 7. The van der Waals surface area contributed by atoms with E-state index in [-0.39, 0.29) is 29.1 Å². The highest BCUT2D eigenvalue weighted by molar-refractivity contribution is 7.17. The SMILES string of the molecule is CCc1nc2scc(-c3ccc(F)cc3)c2c(=O)n1Cc1cc(=O)c(OCC(C)C)c[nH]1. The molecule has 32 heavy (non-hydrogen) atoms. The molecule has 0 aliphatic heterocycles. The number of aryl methyl sites for hydroxylation is 1. The van der Waals surface area contributed by atoms with Gasteiger partial charge in [0.25, 0.3) is 5.56 Å². The van der Waals surface area contributed by atoms with E-state index in [1.54, 1.807) is 16.7 Å². The van der Waals surface area contributed by atoms with Gasteiger partial charge in [0, 0.05) is 35.3 Å². The van der Waals surface area contributed by atoms with Crippen LogP contribution in [0, 0.1) is 11.7 Å². The molecule has 0 fully saturated rings. The molecule has 4 aromatic rings. The molecule has 166 valence electrons. The summed E-state index contributed by atoms with van der Waals surface area (Å²) in [6.45, 7) is 6.59. The number of nitrogens with zero attached hydrogens (tertiary/aromatic N) is 2. The number of aromatic amines is 1. The highest BCUT2D eigenvalue weighted by Crippen LogP contribution is 2.31. The van der Waals surface area contributed by atoms with Crippen LogP contribution in [0.5, 0.6) is 5.75 Å². The molecule has 6 nitrogen and oxygen atoms in total. The van der Waals surface area contributed by atoms with Gasteiger partial charge >= 0.3 is 0 Å². The maximum absolute atomic E-state index is 13.5. The Bertz CT molecular complexity index is 1370. The van der Waals surface area contributed by atoms with Gasteiger partial charge in [-0.2, -0.15) is 0 Å². The lowest BCUT2D eigenvalue weighted by Gasteiger charge is -2.13. The molecular weight excluding hydrogens is 429 g/mol. The second kappa shape index (κ2) is 9.08. The molecule has 0 radical (unpaired) electrons. The number of ether oxygens (including phenoxy) is 1. The molecule has 3 aromatic heterocycles. The van der Waals surface area contributed by atoms with E-state index in [0.29, 0.717) is 40.7 Å². The first-order valence-electron chi connectivity index (χ1n) is 10.5. The highest BCUT2D eigenvalue weighted by atomic mass is 32.1. The number of fused-ring (bicyclic) bond motifs is 1. The monoisotopic (exact) mass is 453 g/mol. The molecule has 0 unspecified atom stereocenters. The van der Waals surface area contributed by atoms with E-state index in [2.05, 4.69) is 4.98 Å². The van der Waals surface area contributed by atoms with Gasteiger partial charge in [0.05, 0.1) is 18.5 Å². The molecule has 0 spiro atoms. The zero-order valence-electron chi connectivity index (χ0n) is 18.1. The fraction of sp³-hybridized carbons (Fsp3) is 0.292. The van der Waals surface area contributed by atoms with Crippen LogP contribution in [0.1, 0.15) is 32.3 Å². The molecule has 0 amide bonds. The number of halogens is 1. The predicted octanol–water partition coefficient (Wildman–Crippen LogP) is 4.60. The number of thiophene rings is 1. The molecule has 0 saturated heterocycles. The third-order valence-electron chi connectivity index (χ3n) is 5.08. The van der Waals surface area contributed by atoms with Gasteiger partial charge in [-0.1, -0.05) is 32.9 Å². The summed E-state index contributed by atoms with van der Waals surface area (Å²) < 4.78 is 20.5. The fourth-order valence-electron chi connectivity index (χ4n) is 3.47. The van der Waals surface area contributed by atoms with Crippen molar-refractivity contribution in [3.05, 3.63) is 79.8 Å². The van der Waals surface area contributed by atoms with Crippen molar-refractivity contribution in [1.29, 1.82) is 0 Å². The highest BCUT2D eigenvalue weighted by Gasteiger charge is 2.17. The lowest BCUT2D eigenvalue weighted by Crippen LogP contribution is -2.26. The summed E-state index contributed by atoms with van der Waals surface area (Å²) in [6.07, 6.45) is 2.10. The smallest absolute Gasteiger partial charge is 0.263 e. The molecule has 3 heterocycles. The zero-order chi connectivity index (χ0) is 22.8. The number of aromatic nitrogens is 3. The van der Waals surface area contributed by atoms with Crippen molar-refractivity contribution in [2.45, 2.75) is 33.7 Å². The average Bonchev–Trinajstić information content (AvgIpc) is 3.19. The summed E-state index contributed by atoms with van der Waals surface area (Å²) in [4.78, 5) is 34.4. The summed E-state index contributed by atoms with van der Waals surface area (Å²) in [7, 11) is 0. The summed E-state index contributed by atoms with van der Waals surface area (Å²) in [5.74, 6) is 0.867. The lowest BCUT2D eigenvalue weighted by molar-refractivity contribution is 0.267. The second-order valence-electron chi connectivity index (χ2n) is 8.00. The van der Waals surface area contributed by atoms with E-state index < -0.39 is 0 Å². The van der Waals surface area contributed by atoms with Crippen molar-refractivity contribution in [3.8, 4) is 16.9 Å². The van der Waals surface area contributed by atoms with Gasteiger partial charge in [-0.3, -0.25) is 14.2 Å². The normalized spacial score (nSPS) is 11.4. The first-order chi connectivity index (χ1) is 15.4. The van der Waals surface area contributed by atoms with Crippen molar-refractivity contribution in [1.82, 2.24) is 14.5 Å². The van der Waals surface area contributed by atoms with Crippen LogP contribution < -0.4 is 15.7 Å². The minimum Gasteiger partial charge on any atom is -0.488 e. The molecular formula is C24H24FN3O3S. The first-order valence-corrected chi connectivity index (χ1v) is 11.4. The minimum atomic E-state index is -0.332. The quantitative estimate of drug-likeness (QED) is 0.444. The molecule has 1 aromatic carbocycles. The number of hydrogen-bond acceptors (Lipinski definition) is 5. The Balaban J connectivity index is 1.75. The standard InChI is InChI=1S/C24H24FN3O3S/c1-4-21-27-23-22(18(13-32-23)15-5-7-16(25)8-6-15)24(30)28(21)11-17-9-19(29)20(10-26-17)31-12-14(2)3/h5-10,13-14H,4,11-12H2,1-3H3,(H,26,29). The maximum atomic E-state index is 13.5. The number of benzene rings is 1. The third-order valence-corrected chi connectivity index (χ3v) is 5.95. The number of nitrogens with one attached hydrogen (secondary N) is 1. The predicted molar refractivity (Wildman–Crippen MR) is 125 cm³/mol. The largest absolute Gasteiger partial charge is 0.488 e. The Kier molecular flexibility index (Phi) is 6.23. The van der Waals surface area contributed by atoms with E-state index in [1.807, 2.05) is 26.2 Å². The summed E-state index contributed by atoms with van der Waals surface area (Å²) in [5.41, 5.74) is 1.65. The number of hydrogen-bond donors (Lipinski definition) is 1. The lowest BCUT2D eigenvalue weighted by atomic mass is 10.1. The van der Waals surface area contributed by atoms with E-state index in [0.717, 1.165) is 11.1 Å². The van der Waals surface area contributed by atoms with Crippen LogP contribution in [-0.2, 0) is 13.0 Å². The molecule has 0 aliphatic rings. The molecule has 0 aliphatic carbocycles. The van der Waals surface area contributed by atoms with E-state index in [9.17, 15) is 14.0 Å². The zero-order valence-corrected chi connectivity index (χ0v) is 19.0. The van der Waals surface area contributed by atoms with Gasteiger partial charge in [-0.15, -0.1) is 11.3 Å². The maximum Gasteiger partial charge on any atom is 0.263 e. The molecule has 0 atom stereocenters. The van der Waals surface area contributed by atoms with Gasteiger partial charge in [0.15, 0.2) is 5.75 Å². The summed E-state index contributed by atoms with van der Waals surface area (Å²) in [5, 5.41) is 2.37. The molecule has 4 rings (SSSR count). The van der Waals surface area contributed by atoms with Crippen LogP contribution in [0.2, 0.25) is 0 Å². The van der Waals surface area contributed by atoms with Crippen molar-refractivity contribution < 1.29 is 9.13 Å². The Labute approximate surface area is 188 Å². The van der Waals surface area contributed by atoms with Gasteiger partial charge in [-0.05, 0) is 23.6 Å². The molecule has 8 heteroatoms. The van der Waals surface area contributed by atoms with E-state index in [4.69, 9.17) is 9.72 Å². The topological polar surface area (TPSA) is 77.0 Å². The average molecular weight is 454 g/mol. The van der Waals surface area contributed by atoms with E-state index >= 15 is 0 Å². The van der Waals surface area contributed by atoms with Crippen LogP contribution in [0.4, 0.5) is 4.39 Å². The Hall–Kier alpha value is -3.26. The van der Waals surface area contributed by atoms with Crippen LogP contribution in [0.3, 0.4) is 0 Å². The van der Waals surface area contributed by atoms with Crippen LogP contribution in [0.15, 0.2) is 51.5 Å².